The molecule has 1 aliphatic carbocycles. The van der Waals surface area contributed by atoms with Crippen LogP contribution in [0.25, 0.3) is 0 Å². The highest BCUT2D eigenvalue weighted by Gasteiger charge is 2.29. The predicted octanol–water partition coefficient (Wildman–Crippen LogP) is 3.76. The van der Waals surface area contributed by atoms with E-state index < -0.39 is 0 Å². The Labute approximate surface area is 95.3 Å². The van der Waals surface area contributed by atoms with E-state index in [0.29, 0.717) is 0 Å². The van der Waals surface area contributed by atoms with Gasteiger partial charge in [-0.1, -0.05) is 32.8 Å². The fourth-order valence-electron chi connectivity index (χ4n) is 2.98. The highest BCUT2D eigenvalue weighted by Crippen LogP contribution is 2.35. The van der Waals surface area contributed by atoms with Gasteiger partial charge in [0.2, 0.25) is 0 Å². The molecule has 0 amide bonds. The zero-order chi connectivity index (χ0) is 11.1. The smallest absolute Gasteiger partial charge is 0.00978 e. The van der Waals surface area contributed by atoms with Crippen LogP contribution in [-0.2, 0) is 0 Å². The minimum Gasteiger partial charge on any atom is -0.314 e. The number of rotatable bonds is 7. The third-order valence-electron chi connectivity index (χ3n) is 3.83. The van der Waals surface area contributed by atoms with Crippen molar-refractivity contribution in [2.75, 3.05) is 6.54 Å². The van der Waals surface area contributed by atoms with Gasteiger partial charge in [0, 0.05) is 6.04 Å². The Kier molecular flexibility index (Phi) is 6.00. The molecule has 0 bridgehead atoms. The summed E-state index contributed by atoms with van der Waals surface area (Å²) in [5, 5.41) is 3.68. The van der Waals surface area contributed by atoms with Crippen LogP contribution < -0.4 is 5.32 Å². The topological polar surface area (TPSA) is 12.0 Å². The summed E-state index contributed by atoms with van der Waals surface area (Å²) in [5.41, 5.74) is 0. The van der Waals surface area contributed by atoms with Crippen molar-refractivity contribution in [3.8, 4) is 0 Å². The van der Waals surface area contributed by atoms with Gasteiger partial charge in [0.1, 0.15) is 0 Å². The number of allylic oxidation sites excluding steroid dienone is 1. The first-order chi connectivity index (χ1) is 7.29. The fourth-order valence-corrected chi connectivity index (χ4v) is 2.98. The van der Waals surface area contributed by atoms with E-state index in [4.69, 9.17) is 0 Å². The molecule has 88 valence electrons. The Bertz CT molecular complexity index is 176. The molecule has 15 heavy (non-hydrogen) atoms. The number of unbranched alkanes of at least 4 members (excludes halogenated alkanes) is 1. The molecule has 0 saturated heterocycles. The molecule has 1 nitrogen and oxygen atoms in total. The van der Waals surface area contributed by atoms with Crippen molar-refractivity contribution in [3.05, 3.63) is 12.7 Å². The molecule has 3 atom stereocenters. The molecular formula is C14H27N. The molecule has 0 aliphatic heterocycles. The maximum Gasteiger partial charge on any atom is 0.00978 e. The summed E-state index contributed by atoms with van der Waals surface area (Å²) in [7, 11) is 0. The van der Waals surface area contributed by atoms with E-state index in [2.05, 4.69) is 25.7 Å². The van der Waals surface area contributed by atoms with Crippen molar-refractivity contribution < 1.29 is 0 Å². The second kappa shape index (κ2) is 7.05. The molecule has 1 fully saturated rings. The van der Waals surface area contributed by atoms with Crippen molar-refractivity contribution in [2.24, 2.45) is 11.8 Å². The summed E-state index contributed by atoms with van der Waals surface area (Å²) in [6, 6.07) is 0.757. The van der Waals surface area contributed by atoms with Crippen LogP contribution in [0.3, 0.4) is 0 Å². The van der Waals surface area contributed by atoms with Gasteiger partial charge in [-0.3, -0.25) is 0 Å². The van der Waals surface area contributed by atoms with Gasteiger partial charge in [-0.15, -0.1) is 6.58 Å². The highest BCUT2D eigenvalue weighted by atomic mass is 14.9. The minimum atomic E-state index is 0.757. The Hall–Kier alpha value is -0.300. The predicted molar refractivity (Wildman–Crippen MR) is 68.0 cm³/mol. The van der Waals surface area contributed by atoms with Gasteiger partial charge in [-0.05, 0) is 44.1 Å². The zero-order valence-electron chi connectivity index (χ0n) is 10.5. The Morgan fingerprint density at radius 1 is 1.47 bits per heavy atom. The van der Waals surface area contributed by atoms with Crippen molar-refractivity contribution in [2.45, 2.75) is 58.4 Å². The normalized spacial score (nSPS) is 27.9. The fraction of sp³-hybridized carbons (Fsp3) is 0.857. The zero-order valence-corrected chi connectivity index (χ0v) is 10.5. The maximum absolute atomic E-state index is 3.80. The monoisotopic (exact) mass is 209 g/mol. The summed E-state index contributed by atoms with van der Waals surface area (Å²) in [6.45, 7) is 9.56. The summed E-state index contributed by atoms with van der Waals surface area (Å²) >= 11 is 0. The van der Waals surface area contributed by atoms with Gasteiger partial charge >= 0.3 is 0 Å². The average Bonchev–Trinajstić information content (AvgIpc) is 2.64. The molecule has 3 unspecified atom stereocenters. The first-order valence-electron chi connectivity index (χ1n) is 6.63. The molecule has 1 aliphatic rings. The maximum atomic E-state index is 3.80. The van der Waals surface area contributed by atoms with Crippen LogP contribution in [0.2, 0.25) is 0 Å². The van der Waals surface area contributed by atoms with E-state index in [0.717, 1.165) is 24.4 Å². The van der Waals surface area contributed by atoms with E-state index >= 15 is 0 Å². The number of hydrogen-bond donors (Lipinski definition) is 1. The number of nitrogens with one attached hydrogen (secondary N) is 1. The van der Waals surface area contributed by atoms with Crippen LogP contribution in [0, 0.1) is 11.8 Å². The Balaban J connectivity index is 2.37. The molecule has 1 rings (SSSR count). The van der Waals surface area contributed by atoms with Gasteiger partial charge in [0.25, 0.3) is 0 Å². The third-order valence-corrected chi connectivity index (χ3v) is 3.83. The highest BCUT2D eigenvalue weighted by molar-refractivity contribution is 4.85. The van der Waals surface area contributed by atoms with Crippen LogP contribution >= 0.6 is 0 Å². The van der Waals surface area contributed by atoms with Crippen LogP contribution in [0.5, 0.6) is 0 Å². The van der Waals surface area contributed by atoms with Crippen molar-refractivity contribution >= 4 is 0 Å². The molecule has 1 heteroatoms. The van der Waals surface area contributed by atoms with Crippen LogP contribution in [0.4, 0.5) is 0 Å². The second-order valence-corrected chi connectivity index (χ2v) is 4.96. The van der Waals surface area contributed by atoms with E-state index in [1.54, 1.807) is 0 Å². The van der Waals surface area contributed by atoms with Gasteiger partial charge in [-0.2, -0.15) is 0 Å². The largest absolute Gasteiger partial charge is 0.314 e. The van der Waals surface area contributed by atoms with Gasteiger partial charge in [0.15, 0.2) is 0 Å². The SMILES string of the molecule is C=CCCCC(NCC)C1CCCC1C. The lowest BCUT2D eigenvalue weighted by Crippen LogP contribution is -2.37. The van der Waals surface area contributed by atoms with Crippen LogP contribution in [0.1, 0.15) is 52.4 Å². The van der Waals surface area contributed by atoms with Gasteiger partial charge < -0.3 is 5.32 Å². The number of hydrogen-bond acceptors (Lipinski definition) is 1. The summed E-state index contributed by atoms with van der Waals surface area (Å²) in [5.74, 6) is 1.85. The second-order valence-electron chi connectivity index (χ2n) is 4.96. The van der Waals surface area contributed by atoms with E-state index in [1.165, 1.54) is 38.5 Å². The Morgan fingerprint density at radius 3 is 2.80 bits per heavy atom. The molecular weight excluding hydrogens is 182 g/mol. The molecule has 0 aromatic heterocycles. The first kappa shape index (κ1) is 12.8. The Morgan fingerprint density at radius 2 is 2.27 bits per heavy atom. The van der Waals surface area contributed by atoms with Gasteiger partial charge in [0.05, 0.1) is 0 Å². The molecule has 0 aromatic carbocycles. The average molecular weight is 209 g/mol. The van der Waals surface area contributed by atoms with Crippen molar-refractivity contribution in [3.63, 3.8) is 0 Å². The quantitative estimate of drug-likeness (QED) is 0.497. The van der Waals surface area contributed by atoms with Crippen molar-refractivity contribution in [1.29, 1.82) is 0 Å². The van der Waals surface area contributed by atoms with Crippen molar-refractivity contribution in [1.82, 2.24) is 5.32 Å². The first-order valence-corrected chi connectivity index (χ1v) is 6.63. The molecule has 0 aromatic rings. The molecule has 0 radical (unpaired) electrons. The molecule has 1 N–H and O–H groups in total. The summed E-state index contributed by atoms with van der Waals surface area (Å²) < 4.78 is 0. The van der Waals surface area contributed by atoms with Gasteiger partial charge in [-0.25, -0.2) is 0 Å². The standard InChI is InChI=1S/C14H27N/c1-4-6-7-11-14(15-5-2)13-10-8-9-12(13)3/h4,12-15H,1,5-11H2,2-3H3. The summed E-state index contributed by atoms with van der Waals surface area (Å²) in [4.78, 5) is 0. The van der Waals surface area contributed by atoms with E-state index in [1.807, 2.05) is 6.08 Å². The molecule has 1 saturated carbocycles. The molecule has 0 heterocycles. The van der Waals surface area contributed by atoms with Crippen LogP contribution in [0.15, 0.2) is 12.7 Å². The van der Waals surface area contributed by atoms with Crippen LogP contribution in [-0.4, -0.2) is 12.6 Å². The summed E-state index contributed by atoms with van der Waals surface area (Å²) in [6.07, 6.45) is 10.2. The van der Waals surface area contributed by atoms with E-state index in [9.17, 15) is 0 Å². The lowest BCUT2D eigenvalue weighted by Gasteiger charge is -2.27. The molecule has 0 spiro atoms. The van der Waals surface area contributed by atoms with E-state index in [-0.39, 0.29) is 0 Å². The lowest BCUT2D eigenvalue weighted by molar-refractivity contribution is 0.283. The third kappa shape index (κ3) is 3.98. The lowest BCUT2D eigenvalue weighted by atomic mass is 9.87. The minimum absolute atomic E-state index is 0.757.